The summed E-state index contributed by atoms with van der Waals surface area (Å²) in [6.07, 6.45) is 2.65. The number of ether oxygens (including phenoxy) is 1. The third-order valence-corrected chi connectivity index (χ3v) is 5.50. The van der Waals surface area contributed by atoms with Crippen molar-refractivity contribution in [3.63, 3.8) is 0 Å². The predicted molar refractivity (Wildman–Crippen MR) is 106 cm³/mol. The molecule has 6 nitrogen and oxygen atoms in total. The second-order valence-corrected chi connectivity index (χ2v) is 8.05. The van der Waals surface area contributed by atoms with E-state index in [1.807, 2.05) is 6.92 Å². The summed E-state index contributed by atoms with van der Waals surface area (Å²) >= 11 is 0. The average molecular weight is 367 g/mol. The Bertz CT molecular complexity index is 439. The fourth-order valence-corrected chi connectivity index (χ4v) is 3.82. The summed E-state index contributed by atoms with van der Waals surface area (Å²) in [5.74, 6) is 1.61. The van der Waals surface area contributed by atoms with E-state index < -0.39 is 0 Å². The molecule has 26 heavy (non-hydrogen) atoms. The van der Waals surface area contributed by atoms with Crippen LogP contribution in [0.5, 0.6) is 0 Å². The van der Waals surface area contributed by atoms with Crippen molar-refractivity contribution in [3.8, 4) is 0 Å². The minimum Gasteiger partial charge on any atom is -0.497 e. The van der Waals surface area contributed by atoms with Gasteiger partial charge in [0.25, 0.3) is 0 Å². The van der Waals surface area contributed by atoms with Crippen LogP contribution in [0.4, 0.5) is 0 Å². The number of piperazine rings is 1. The molecule has 2 fully saturated rings. The number of carbonyl (C=O) groups excluding carboxylic acids is 1. The van der Waals surface area contributed by atoms with Crippen LogP contribution in [-0.4, -0.2) is 92.2 Å². The van der Waals surface area contributed by atoms with E-state index >= 15 is 0 Å². The zero-order chi connectivity index (χ0) is 18.9. The Morgan fingerprint density at radius 3 is 2.31 bits per heavy atom. The van der Waals surface area contributed by atoms with Crippen LogP contribution >= 0.6 is 0 Å². The number of carbonyl (C=O) groups is 1. The second-order valence-electron chi connectivity index (χ2n) is 8.05. The molecule has 0 aromatic heterocycles. The Morgan fingerprint density at radius 1 is 1.12 bits per heavy atom. The molecule has 0 spiro atoms. The summed E-state index contributed by atoms with van der Waals surface area (Å²) in [4.78, 5) is 19.4. The van der Waals surface area contributed by atoms with Crippen molar-refractivity contribution < 1.29 is 9.53 Å². The summed E-state index contributed by atoms with van der Waals surface area (Å²) in [5.41, 5.74) is 0. The number of piperidine rings is 1. The Hall–Kier alpha value is -1.11. The molecule has 2 aliphatic heterocycles. The number of hydrogen-bond donors (Lipinski definition) is 1. The molecule has 0 aliphatic carbocycles. The summed E-state index contributed by atoms with van der Waals surface area (Å²) in [7, 11) is 0. The highest BCUT2D eigenvalue weighted by Gasteiger charge is 2.25. The first-order valence-corrected chi connectivity index (χ1v) is 10.2. The maximum Gasteiger partial charge on any atom is 0.234 e. The van der Waals surface area contributed by atoms with Crippen molar-refractivity contribution in [2.24, 2.45) is 5.92 Å². The lowest BCUT2D eigenvalue weighted by molar-refractivity contribution is -0.122. The molecular weight excluding hydrogens is 328 g/mol. The molecule has 2 rings (SSSR count). The molecule has 0 radical (unpaired) electrons. The molecule has 2 saturated heterocycles. The molecule has 0 aromatic carbocycles. The number of rotatable bonds is 9. The van der Waals surface area contributed by atoms with E-state index in [4.69, 9.17) is 4.74 Å². The van der Waals surface area contributed by atoms with Gasteiger partial charge in [-0.15, -0.1) is 0 Å². The normalized spacial score (nSPS) is 21.1. The topological polar surface area (TPSA) is 48.1 Å². The molecule has 2 aliphatic rings. The molecule has 2 heterocycles. The highest BCUT2D eigenvalue weighted by Crippen LogP contribution is 2.20. The van der Waals surface area contributed by atoms with Gasteiger partial charge in [-0.05, 0) is 52.6 Å². The minimum atomic E-state index is 0.0878. The van der Waals surface area contributed by atoms with Gasteiger partial charge >= 0.3 is 0 Å². The Balaban J connectivity index is 1.56. The van der Waals surface area contributed by atoms with Crippen LogP contribution in [0.25, 0.3) is 0 Å². The Labute approximate surface area is 159 Å². The monoisotopic (exact) mass is 366 g/mol. The lowest BCUT2D eigenvalue weighted by Gasteiger charge is -2.39. The fourth-order valence-electron chi connectivity index (χ4n) is 3.82. The fraction of sp³-hybridized carbons (Fsp3) is 0.850. The van der Waals surface area contributed by atoms with Gasteiger partial charge < -0.3 is 19.9 Å². The number of nitrogens with one attached hydrogen (secondary N) is 1. The van der Waals surface area contributed by atoms with Crippen LogP contribution in [0.2, 0.25) is 0 Å². The van der Waals surface area contributed by atoms with Crippen molar-refractivity contribution in [3.05, 3.63) is 12.3 Å². The molecule has 6 heteroatoms. The van der Waals surface area contributed by atoms with Crippen molar-refractivity contribution in [2.45, 2.75) is 39.7 Å². The molecule has 150 valence electrons. The van der Waals surface area contributed by atoms with Gasteiger partial charge in [0.1, 0.15) is 6.61 Å². The molecule has 0 unspecified atom stereocenters. The lowest BCUT2D eigenvalue weighted by Crippen LogP contribution is -2.51. The number of likely N-dealkylation sites (tertiary alicyclic amines) is 1. The number of amides is 1. The summed E-state index contributed by atoms with van der Waals surface area (Å²) in [6, 6.07) is 0.679. The highest BCUT2D eigenvalue weighted by atomic mass is 16.5. The van der Waals surface area contributed by atoms with Crippen molar-refractivity contribution >= 4 is 5.91 Å². The van der Waals surface area contributed by atoms with Gasteiger partial charge in [-0.2, -0.15) is 0 Å². The van der Waals surface area contributed by atoms with Crippen LogP contribution in [0, 0.1) is 5.92 Å². The molecule has 0 bridgehead atoms. The standard InChI is InChI=1S/C20H38N4O2/c1-17(2)24-8-5-19(6-9-24)15-22-10-12-23(13-11-22)16-20(25)21-7-14-26-18(3)4/h17,19H,3,5-16H2,1-2,4H3,(H,21,25). The van der Waals surface area contributed by atoms with Crippen LogP contribution in [-0.2, 0) is 9.53 Å². The summed E-state index contributed by atoms with van der Waals surface area (Å²) in [5, 5.41) is 2.91. The van der Waals surface area contributed by atoms with E-state index in [1.54, 1.807) is 0 Å². The SMILES string of the molecule is C=C(C)OCCNC(=O)CN1CCN(CC2CCN(C(C)C)CC2)CC1. The van der Waals surface area contributed by atoms with Crippen molar-refractivity contribution in [2.75, 3.05) is 65.5 Å². The van der Waals surface area contributed by atoms with E-state index in [2.05, 4.69) is 40.4 Å². The van der Waals surface area contributed by atoms with Crippen LogP contribution in [0.1, 0.15) is 33.6 Å². The summed E-state index contributed by atoms with van der Waals surface area (Å²) < 4.78 is 5.26. The minimum absolute atomic E-state index is 0.0878. The van der Waals surface area contributed by atoms with E-state index in [0.29, 0.717) is 31.5 Å². The number of nitrogens with zero attached hydrogens (tertiary/aromatic N) is 3. The number of hydrogen-bond acceptors (Lipinski definition) is 5. The third kappa shape index (κ3) is 7.64. The molecule has 1 N–H and O–H groups in total. The molecule has 0 atom stereocenters. The largest absolute Gasteiger partial charge is 0.497 e. The summed E-state index contributed by atoms with van der Waals surface area (Å²) in [6.45, 7) is 19.5. The first-order valence-electron chi connectivity index (χ1n) is 10.2. The van der Waals surface area contributed by atoms with Crippen molar-refractivity contribution in [1.82, 2.24) is 20.0 Å². The number of allylic oxidation sites excluding steroid dienone is 1. The highest BCUT2D eigenvalue weighted by molar-refractivity contribution is 5.78. The van der Waals surface area contributed by atoms with Crippen LogP contribution < -0.4 is 5.32 Å². The van der Waals surface area contributed by atoms with Gasteiger partial charge in [0.05, 0.1) is 18.8 Å². The lowest BCUT2D eigenvalue weighted by atomic mass is 9.95. The van der Waals surface area contributed by atoms with E-state index in [-0.39, 0.29) is 5.91 Å². The van der Waals surface area contributed by atoms with Gasteiger partial charge in [0.2, 0.25) is 5.91 Å². The van der Waals surface area contributed by atoms with Crippen molar-refractivity contribution in [1.29, 1.82) is 0 Å². The van der Waals surface area contributed by atoms with Gasteiger partial charge in [-0.3, -0.25) is 9.69 Å². The van der Waals surface area contributed by atoms with E-state index in [1.165, 1.54) is 32.5 Å². The maximum atomic E-state index is 12.0. The average Bonchev–Trinajstić information content (AvgIpc) is 2.61. The molecule has 0 aromatic rings. The van der Waals surface area contributed by atoms with Crippen LogP contribution in [0.15, 0.2) is 12.3 Å². The quantitative estimate of drug-likeness (QED) is 0.494. The first-order chi connectivity index (χ1) is 12.4. The third-order valence-electron chi connectivity index (χ3n) is 5.50. The smallest absolute Gasteiger partial charge is 0.234 e. The zero-order valence-electron chi connectivity index (χ0n) is 17.0. The van der Waals surface area contributed by atoms with E-state index in [9.17, 15) is 4.79 Å². The maximum absolute atomic E-state index is 12.0. The van der Waals surface area contributed by atoms with E-state index in [0.717, 1.165) is 32.1 Å². The predicted octanol–water partition coefficient (Wildman–Crippen LogP) is 1.39. The molecule has 0 saturated carbocycles. The molecule has 1 amide bonds. The van der Waals surface area contributed by atoms with Gasteiger partial charge in [0, 0.05) is 38.8 Å². The zero-order valence-corrected chi connectivity index (χ0v) is 17.0. The van der Waals surface area contributed by atoms with Gasteiger partial charge in [0.15, 0.2) is 0 Å². The van der Waals surface area contributed by atoms with Gasteiger partial charge in [-0.25, -0.2) is 0 Å². The van der Waals surface area contributed by atoms with Gasteiger partial charge in [-0.1, -0.05) is 6.58 Å². The second kappa shape index (κ2) is 10.9. The first kappa shape index (κ1) is 21.2. The Morgan fingerprint density at radius 2 is 1.73 bits per heavy atom. The Kier molecular flexibility index (Phi) is 8.88. The molecular formula is C20H38N4O2. The van der Waals surface area contributed by atoms with Crippen LogP contribution in [0.3, 0.4) is 0 Å².